The van der Waals surface area contributed by atoms with Crippen molar-refractivity contribution in [2.75, 3.05) is 6.54 Å². The highest BCUT2D eigenvalue weighted by Crippen LogP contribution is 2.39. The van der Waals surface area contributed by atoms with Gasteiger partial charge in [-0.3, -0.25) is 4.79 Å². The van der Waals surface area contributed by atoms with Crippen molar-refractivity contribution in [2.45, 2.75) is 57.6 Å². The number of nitrogens with one attached hydrogen (secondary N) is 1. The van der Waals surface area contributed by atoms with Crippen LogP contribution in [0, 0.1) is 5.92 Å². The van der Waals surface area contributed by atoms with Crippen molar-refractivity contribution in [3.8, 4) is 0 Å². The predicted molar refractivity (Wildman–Crippen MR) is 58.5 cm³/mol. The third kappa shape index (κ3) is 2.71. The lowest BCUT2D eigenvalue weighted by molar-refractivity contribution is -0.161. The summed E-state index contributed by atoms with van der Waals surface area (Å²) in [5, 5.41) is 3.39. The summed E-state index contributed by atoms with van der Waals surface area (Å²) in [5.41, 5.74) is -0.0432. The number of rotatable bonds is 1. The van der Waals surface area contributed by atoms with Gasteiger partial charge in [0.15, 0.2) is 0 Å². The highest BCUT2D eigenvalue weighted by Gasteiger charge is 2.47. The van der Waals surface area contributed by atoms with Gasteiger partial charge in [0.05, 0.1) is 5.92 Å². The van der Waals surface area contributed by atoms with Crippen LogP contribution >= 0.6 is 0 Å². The zero-order chi connectivity index (χ0) is 11.1. The topological polar surface area (TPSA) is 48.2 Å². The van der Waals surface area contributed by atoms with Gasteiger partial charge in [-0.05, 0) is 40.0 Å². The van der Waals surface area contributed by atoms with E-state index in [1.165, 1.54) is 6.42 Å². The van der Waals surface area contributed by atoms with Crippen LogP contribution in [0.25, 0.3) is 0 Å². The summed E-state index contributed by atoms with van der Waals surface area (Å²) in [4.78, 5) is 11.9. The fourth-order valence-electron chi connectivity index (χ4n) is 2.40. The number of carbonyl (C=O) groups excluding carboxylic acids is 1. The van der Waals surface area contributed by atoms with E-state index < -0.39 is 0 Å². The van der Waals surface area contributed by atoms with E-state index in [1.807, 2.05) is 20.8 Å². The van der Waals surface area contributed by atoms with E-state index in [9.17, 15) is 4.79 Å². The van der Waals surface area contributed by atoms with Crippen LogP contribution in [0.1, 0.15) is 46.5 Å². The first-order chi connectivity index (χ1) is 6.90. The molecule has 0 aromatic rings. The molecular weight excluding hydrogens is 190 g/mol. The fourth-order valence-corrected chi connectivity index (χ4v) is 2.40. The van der Waals surface area contributed by atoms with Gasteiger partial charge in [-0.25, -0.2) is 0 Å². The quantitative estimate of drug-likeness (QED) is 0.532. The number of carbonyl (C=O) groups is 1. The molecule has 2 fully saturated rings. The van der Waals surface area contributed by atoms with E-state index in [4.69, 9.17) is 4.74 Å². The normalized spacial score (nSPS) is 35.3. The molecule has 0 bridgehead atoms. The molecule has 0 radical (unpaired) electrons. The minimum Gasteiger partial charge on any atom is -0.460 e. The van der Waals surface area contributed by atoms with Crippen LogP contribution in [0.2, 0.25) is 0 Å². The summed E-state index contributed by atoms with van der Waals surface area (Å²) in [7, 11) is 0. The molecule has 1 saturated heterocycles. The maximum Gasteiger partial charge on any atom is 0.309 e. The molecule has 1 saturated carbocycles. The molecule has 1 heterocycles. The number of esters is 1. The van der Waals surface area contributed by atoms with Crippen LogP contribution in [0.3, 0.4) is 0 Å². The highest BCUT2D eigenvalue weighted by atomic mass is 16.6. The summed E-state index contributed by atoms with van der Waals surface area (Å²) >= 11 is 0. The molecule has 0 aromatic heterocycles. The van der Waals surface area contributed by atoms with E-state index in [0.717, 1.165) is 25.8 Å². The Morgan fingerprint density at radius 3 is 2.67 bits per heavy atom. The Bertz CT molecular complexity index is 263. The second-order valence-corrected chi connectivity index (χ2v) is 5.96. The van der Waals surface area contributed by atoms with Crippen molar-refractivity contribution in [2.24, 2.45) is 5.92 Å². The second-order valence-electron chi connectivity index (χ2n) is 5.96. The van der Waals surface area contributed by atoms with Crippen LogP contribution in [-0.2, 0) is 9.53 Å². The highest BCUT2D eigenvalue weighted by molar-refractivity contribution is 5.73. The molecule has 0 aromatic carbocycles. The van der Waals surface area contributed by atoms with Crippen molar-refractivity contribution >= 4 is 5.97 Å². The SMILES string of the molecule is CC(C)(C)OC(=O)C1CCCC2(CN2)C1. The zero-order valence-corrected chi connectivity index (χ0v) is 9.93. The molecule has 1 aliphatic heterocycles. The molecule has 1 N–H and O–H groups in total. The molecule has 2 rings (SSSR count). The average Bonchev–Trinajstić information content (AvgIpc) is 2.82. The van der Waals surface area contributed by atoms with Crippen LogP contribution in [-0.4, -0.2) is 23.7 Å². The van der Waals surface area contributed by atoms with Gasteiger partial charge in [0, 0.05) is 12.1 Å². The summed E-state index contributed by atoms with van der Waals surface area (Å²) in [6, 6.07) is 0. The summed E-state index contributed by atoms with van der Waals surface area (Å²) < 4.78 is 5.43. The molecule has 1 spiro atoms. The third-order valence-electron chi connectivity index (χ3n) is 3.26. The molecule has 15 heavy (non-hydrogen) atoms. The molecule has 1 aliphatic carbocycles. The Labute approximate surface area is 91.6 Å². The van der Waals surface area contributed by atoms with Crippen LogP contribution < -0.4 is 5.32 Å². The van der Waals surface area contributed by atoms with Gasteiger partial charge in [-0.2, -0.15) is 0 Å². The molecule has 2 aliphatic rings. The molecular formula is C12H21NO2. The van der Waals surface area contributed by atoms with E-state index in [-0.39, 0.29) is 17.5 Å². The van der Waals surface area contributed by atoms with Gasteiger partial charge in [-0.1, -0.05) is 6.42 Å². The molecule has 0 amide bonds. The Morgan fingerprint density at radius 2 is 2.13 bits per heavy atom. The molecule has 2 atom stereocenters. The zero-order valence-electron chi connectivity index (χ0n) is 9.93. The second kappa shape index (κ2) is 3.48. The average molecular weight is 211 g/mol. The van der Waals surface area contributed by atoms with E-state index in [0.29, 0.717) is 5.54 Å². The van der Waals surface area contributed by atoms with Crippen molar-refractivity contribution in [1.29, 1.82) is 0 Å². The minimum absolute atomic E-state index is 0.00437. The smallest absolute Gasteiger partial charge is 0.309 e. The summed E-state index contributed by atoms with van der Waals surface area (Å²) in [5.74, 6) is 0.114. The minimum atomic E-state index is -0.349. The fraction of sp³-hybridized carbons (Fsp3) is 0.917. The Kier molecular flexibility index (Phi) is 2.53. The van der Waals surface area contributed by atoms with Gasteiger partial charge < -0.3 is 10.1 Å². The van der Waals surface area contributed by atoms with Crippen molar-refractivity contribution in [1.82, 2.24) is 5.32 Å². The van der Waals surface area contributed by atoms with Crippen LogP contribution in [0.5, 0.6) is 0 Å². The molecule has 3 nitrogen and oxygen atoms in total. The molecule has 2 unspecified atom stereocenters. The Hall–Kier alpha value is -0.570. The number of hydrogen-bond acceptors (Lipinski definition) is 3. The summed E-state index contributed by atoms with van der Waals surface area (Å²) in [6.45, 7) is 6.88. The third-order valence-corrected chi connectivity index (χ3v) is 3.26. The van der Waals surface area contributed by atoms with E-state index >= 15 is 0 Å². The Balaban J connectivity index is 1.90. The first kappa shape index (κ1) is 10.9. The lowest BCUT2D eigenvalue weighted by Crippen LogP contribution is -2.35. The standard InChI is InChI=1S/C12H21NO2/c1-11(2,3)15-10(14)9-5-4-6-12(7-9)8-13-12/h9,13H,4-8H2,1-3H3. The van der Waals surface area contributed by atoms with Crippen LogP contribution in [0.15, 0.2) is 0 Å². The molecule has 3 heteroatoms. The van der Waals surface area contributed by atoms with Crippen LogP contribution in [0.4, 0.5) is 0 Å². The van der Waals surface area contributed by atoms with Crippen molar-refractivity contribution in [3.63, 3.8) is 0 Å². The maximum atomic E-state index is 11.9. The van der Waals surface area contributed by atoms with E-state index in [2.05, 4.69) is 5.32 Å². The van der Waals surface area contributed by atoms with Gasteiger partial charge >= 0.3 is 5.97 Å². The van der Waals surface area contributed by atoms with Gasteiger partial charge in [-0.15, -0.1) is 0 Å². The Morgan fingerprint density at radius 1 is 1.47 bits per heavy atom. The lowest BCUT2D eigenvalue weighted by atomic mass is 9.81. The largest absolute Gasteiger partial charge is 0.460 e. The van der Waals surface area contributed by atoms with Crippen molar-refractivity contribution < 1.29 is 9.53 Å². The summed E-state index contributed by atoms with van der Waals surface area (Å²) in [6.07, 6.45) is 4.35. The van der Waals surface area contributed by atoms with Gasteiger partial charge in [0.25, 0.3) is 0 Å². The first-order valence-electron chi connectivity index (χ1n) is 5.88. The maximum absolute atomic E-state index is 11.9. The number of ether oxygens (including phenoxy) is 1. The van der Waals surface area contributed by atoms with Crippen molar-refractivity contribution in [3.05, 3.63) is 0 Å². The first-order valence-corrected chi connectivity index (χ1v) is 5.88. The van der Waals surface area contributed by atoms with E-state index in [1.54, 1.807) is 0 Å². The van der Waals surface area contributed by atoms with Gasteiger partial charge in [0.1, 0.15) is 5.60 Å². The predicted octanol–water partition coefficient (Wildman–Crippen LogP) is 1.86. The molecule has 86 valence electrons. The van der Waals surface area contributed by atoms with Gasteiger partial charge in [0.2, 0.25) is 0 Å². The lowest BCUT2D eigenvalue weighted by Gasteiger charge is -2.29. The number of hydrogen-bond donors (Lipinski definition) is 1. The monoisotopic (exact) mass is 211 g/mol.